The average Bonchev–Trinajstić information content (AvgIpc) is 3.26. The molecule has 0 saturated heterocycles. The van der Waals surface area contributed by atoms with Crippen LogP contribution in [0.4, 0.5) is 5.88 Å². The van der Waals surface area contributed by atoms with Crippen LogP contribution in [0.3, 0.4) is 0 Å². The number of nitrogens with zero attached hydrogens (tertiary/aromatic N) is 1. The maximum atomic E-state index is 11.7. The summed E-state index contributed by atoms with van der Waals surface area (Å²) in [7, 11) is 1.96. The molecule has 0 unspecified atom stereocenters. The fraction of sp³-hybridized carbons (Fsp3) is 0.227. The van der Waals surface area contributed by atoms with Crippen LogP contribution in [-0.4, -0.2) is 24.2 Å². The van der Waals surface area contributed by atoms with E-state index in [9.17, 15) is 9.90 Å². The van der Waals surface area contributed by atoms with Crippen LogP contribution in [0, 0.1) is 0 Å². The van der Waals surface area contributed by atoms with Crippen molar-refractivity contribution in [3.05, 3.63) is 77.6 Å². The second kappa shape index (κ2) is 6.93. The van der Waals surface area contributed by atoms with Crippen LogP contribution in [0.25, 0.3) is 11.1 Å². The van der Waals surface area contributed by atoms with Crippen molar-refractivity contribution < 1.29 is 14.3 Å². The molecule has 3 aromatic rings. The molecule has 1 aliphatic rings. The zero-order valence-corrected chi connectivity index (χ0v) is 15.1. The van der Waals surface area contributed by atoms with Crippen molar-refractivity contribution in [2.75, 3.05) is 11.9 Å². The van der Waals surface area contributed by atoms with Gasteiger partial charge in [0, 0.05) is 25.2 Å². The van der Waals surface area contributed by atoms with Crippen molar-refractivity contribution in [2.45, 2.75) is 25.0 Å². The van der Waals surface area contributed by atoms with Gasteiger partial charge >= 0.3 is 0 Å². The number of anilines is 1. The van der Waals surface area contributed by atoms with Gasteiger partial charge in [0.2, 0.25) is 5.91 Å². The molecule has 138 valence electrons. The number of rotatable bonds is 5. The SMILES string of the molecule is CN(Cc1ccc2c(c1)[C@@H](C(N)=O)[C@H](O)C2)c1cc(-c2ccccc2)co1. The Kier molecular flexibility index (Phi) is 4.46. The first-order valence-electron chi connectivity index (χ1n) is 8.97. The van der Waals surface area contributed by atoms with Crippen molar-refractivity contribution in [3.63, 3.8) is 0 Å². The van der Waals surface area contributed by atoms with Crippen LogP contribution >= 0.6 is 0 Å². The molecule has 0 bridgehead atoms. The van der Waals surface area contributed by atoms with Gasteiger partial charge in [0.1, 0.15) is 6.26 Å². The number of carbonyl (C=O) groups excluding carboxylic acids is 1. The number of benzene rings is 2. The Morgan fingerprint density at radius 2 is 1.96 bits per heavy atom. The summed E-state index contributed by atoms with van der Waals surface area (Å²) < 4.78 is 5.73. The van der Waals surface area contributed by atoms with Gasteiger partial charge in [-0.2, -0.15) is 0 Å². The van der Waals surface area contributed by atoms with E-state index in [1.807, 2.05) is 66.5 Å². The van der Waals surface area contributed by atoms with E-state index in [0.29, 0.717) is 13.0 Å². The summed E-state index contributed by atoms with van der Waals surface area (Å²) in [6.07, 6.45) is 1.49. The van der Waals surface area contributed by atoms with E-state index < -0.39 is 17.9 Å². The molecule has 5 nitrogen and oxygen atoms in total. The maximum absolute atomic E-state index is 11.7. The summed E-state index contributed by atoms with van der Waals surface area (Å²) in [4.78, 5) is 13.7. The number of furan rings is 1. The first-order valence-corrected chi connectivity index (χ1v) is 8.97. The zero-order chi connectivity index (χ0) is 19.0. The summed E-state index contributed by atoms with van der Waals surface area (Å²) in [5.41, 5.74) is 10.5. The van der Waals surface area contributed by atoms with Crippen LogP contribution in [-0.2, 0) is 17.8 Å². The molecule has 2 aromatic carbocycles. The molecule has 1 aliphatic carbocycles. The van der Waals surface area contributed by atoms with Gasteiger partial charge in [-0.25, -0.2) is 0 Å². The third-order valence-corrected chi connectivity index (χ3v) is 5.15. The molecule has 0 saturated carbocycles. The van der Waals surface area contributed by atoms with E-state index in [1.165, 1.54) is 0 Å². The highest BCUT2D eigenvalue weighted by atomic mass is 16.3. The molecule has 0 radical (unpaired) electrons. The molecule has 3 N–H and O–H groups in total. The molecule has 0 spiro atoms. The Bertz CT molecular complexity index is 965. The Morgan fingerprint density at radius 3 is 2.70 bits per heavy atom. The number of primary amides is 1. The van der Waals surface area contributed by atoms with Crippen molar-refractivity contribution >= 4 is 11.8 Å². The van der Waals surface area contributed by atoms with Gasteiger partial charge in [-0.3, -0.25) is 4.79 Å². The van der Waals surface area contributed by atoms with Crippen molar-refractivity contribution in [3.8, 4) is 11.1 Å². The van der Waals surface area contributed by atoms with Crippen LogP contribution in [0.15, 0.2) is 65.3 Å². The third kappa shape index (κ3) is 3.34. The van der Waals surface area contributed by atoms with E-state index in [1.54, 1.807) is 6.26 Å². The molecule has 1 heterocycles. The molecule has 2 atom stereocenters. The molecule has 4 rings (SSSR count). The third-order valence-electron chi connectivity index (χ3n) is 5.15. The topological polar surface area (TPSA) is 79.7 Å². The quantitative estimate of drug-likeness (QED) is 0.731. The summed E-state index contributed by atoms with van der Waals surface area (Å²) in [6, 6.07) is 18.1. The molecule has 1 aromatic heterocycles. The average molecular weight is 362 g/mol. The number of hydrogen-bond acceptors (Lipinski definition) is 4. The van der Waals surface area contributed by atoms with E-state index in [-0.39, 0.29) is 0 Å². The summed E-state index contributed by atoms with van der Waals surface area (Å²) in [6.45, 7) is 0.622. The molecule has 27 heavy (non-hydrogen) atoms. The van der Waals surface area contributed by atoms with Gasteiger partial charge in [0.15, 0.2) is 5.88 Å². The number of fused-ring (bicyclic) bond motifs is 1. The number of aliphatic hydroxyl groups excluding tert-OH is 1. The van der Waals surface area contributed by atoms with Gasteiger partial charge in [-0.1, -0.05) is 48.5 Å². The summed E-state index contributed by atoms with van der Waals surface area (Å²) in [5, 5.41) is 10.1. The van der Waals surface area contributed by atoms with Crippen molar-refractivity contribution in [2.24, 2.45) is 5.73 Å². The zero-order valence-electron chi connectivity index (χ0n) is 15.1. The number of carbonyl (C=O) groups is 1. The first-order chi connectivity index (χ1) is 13.0. The minimum Gasteiger partial charge on any atom is -0.448 e. The Morgan fingerprint density at radius 1 is 1.19 bits per heavy atom. The summed E-state index contributed by atoms with van der Waals surface area (Å²) >= 11 is 0. The minimum atomic E-state index is -0.732. The second-order valence-electron chi connectivity index (χ2n) is 7.08. The second-order valence-corrected chi connectivity index (χ2v) is 7.08. The number of amides is 1. The highest BCUT2D eigenvalue weighted by Crippen LogP contribution is 2.34. The van der Waals surface area contributed by atoms with Crippen LogP contribution in [0.2, 0.25) is 0 Å². The normalized spacial score (nSPS) is 18.3. The van der Waals surface area contributed by atoms with Gasteiger partial charge in [0.25, 0.3) is 0 Å². The van der Waals surface area contributed by atoms with Gasteiger partial charge in [-0.15, -0.1) is 0 Å². The lowest BCUT2D eigenvalue weighted by molar-refractivity contribution is -0.121. The Labute approximate surface area is 158 Å². The monoisotopic (exact) mass is 362 g/mol. The lowest BCUT2D eigenvalue weighted by Gasteiger charge is -2.17. The Balaban J connectivity index is 1.54. The van der Waals surface area contributed by atoms with Gasteiger partial charge in [0.05, 0.1) is 12.0 Å². The van der Waals surface area contributed by atoms with Crippen LogP contribution < -0.4 is 10.6 Å². The number of aliphatic hydroxyl groups is 1. The van der Waals surface area contributed by atoms with Crippen LogP contribution in [0.1, 0.15) is 22.6 Å². The highest BCUT2D eigenvalue weighted by molar-refractivity contribution is 5.84. The van der Waals surface area contributed by atoms with E-state index in [0.717, 1.165) is 33.7 Å². The maximum Gasteiger partial charge on any atom is 0.227 e. The molecule has 5 heteroatoms. The van der Waals surface area contributed by atoms with E-state index in [2.05, 4.69) is 0 Å². The molecule has 1 amide bonds. The largest absolute Gasteiger partial charge is 0.448 e. The predicted octanol–water partition coefficient (Wildman–Crippen LogP) is 3.07. The molecule has 0 fully saturated rings. The number of nitrogens with two attached hydrogens (primary N) is 1. The van der Waals surface area contributed by atoms with E-state index in [4.69, 9.17) is 10.2 Å². The van der Waals surface area contributed by atoms with Crippen LogP contribution in [0.5, 0.6) is 0 Å². The lowest BCUT2D eigenvalue weighted by atomic mass is 9.97. The molecular formula is C22H22N2O3. The van der Waals surface area contributed by atoms with Gasteiger partial charge in [-0.05, 0) is 28.7 Å². The molecule has 0 aliphatic heterocycles. The van der Waals surface area contributed by atoms with E-state index >= 15 is 0 Å². The highest BCUT2D eigenvalue weighted by Gasteiger charge is 2.35. The number of hydrogen-bond donors (Lipinski definition) is 2. The smallest absolute Gasteiger partial charge is 0.227 e. The first kappa shape index (κ1) is 17.4. The lowest BCUT2D eigenvalue weighted by Crippen LogP contribution is -2.28. The fourth-order valence-corrected chi connectivity index (χ4v) is 3.77. The van der Waals surface area contributed by atoms with Gasteiger partial charge < -0.3 is 20.2 Å². The standard InChI is InChI=1S/C22H22N2O3/c1-24(20-11-17(13-27-20)15-5-3-2-4-6-15)12-14-7-8-16-10-19(25)21(22(23)26)18(16)9-14/h2-9,11,13,19,21,25H,10,12H2,1H3,(H2,23,26)/t19-,21-/m1/s1. The minimum absolute atomic E-state index is 0.470. The Hall–Kier alpha value is -3.05. The van der Waals surface area contributed by atoms with Crippen molar-refractivity contribution in [1.82, 2.24) is 0 Å². The fourth-order valence-electron chi connectivity index (χ4n) is 3.77. The predicted molar refractivity (Wildman–Crippen MR) is 104 cm³/mol. The van der Waals surface area contributed by atoms with Crippen molar-refractivity contribution in [1.29, 1.82) is 0 Å². The molecular weight excluding hydrogens is 340 g/mol. The summed E-state index contributed by atoms with van der Waals surface area (Å²) in [5.74, 6) is -0.343.